The molecule has 2 heterocycles. The minimum Gasteiger partial charge on any atom is -0.362 e. The number of pyridine rings is 1. The number of hydrogen-bond acceptors (Lipinski definition) is 2. The standard InChI is InChI=1S/C9H4BrClN4/c1-12-8-5-7(10)14-15(8)9-6(11)3-2-4-13-9/h2-5H. The van der Waals surface area contributed by atoms with Crippen molar-refractivity contribution in [3.05, 3.63) is 45.4 Å². The van der Waals surface area contributed by atoms with Crippen LogP contribution in [0.5, 0.6) is 0 Å². The quantitative estimate of drug-likeness (QED) is 0.753. The normalized spacial score (nSPS) is 9.93. The van der Waals surface area contributed by atoms with Gasteiger partial charge in [0.1, 0.15) is 9.63 Å². The molecule has 0 amide bonds. The van der Waals surface area contributed by atoms with Crippen molar-refractivity contribution in [1.82, 2.24) is 14.8 Å². The molecule has 4 nitrogen and oxygen atoms in total. The molecule has 74 valence electrons. The van der Waals surface area contributed by atoms with Crippen LogP contribution in [-0.4, -0.2) is 14.8 Å². The van der Waals surface area contributed by atoms with Crippen molar-refractivity contribution in [2.45, 2.75) is 0 Å². The van der Waals surface area contributed by atoms with E-state index >= 15 is 0 Å². The molecule has 0 fully saturated rings. The van der Waals surface area contributed by atoms with Crippen LogP contribution in [0.25, 0.3) is 10.7 Å². The highest BCUT2D eigenvalue weighted by Gasteiger charge is 2.14. The molecule has 0 aliphatic carbocycles. The Morgan fingerprint density at radius 3 is 3.00 bits per heavy atom. The first-order chi connectivity index (χ1) is 7.22. The maximum atomic E-state index is 6.99. The van der Waals surface area contributed by atoms with Gasteiger partial charge in [0.2, 0.25) is 5.82 Å². The molecule has 0 aliphatic heterocycles. The lowest BCUT2D eigenvalue weighted by atomic mass is 10.4. The topological polar surface area (TPSA) is 35.1 Å². The van der Waals surface area contributed by atoms with Crippen molar-refractivity contribution in [3.63, 3.8) is 0 Å². The summed E-state index contributed by atoms with van der Waals surface area (Å²) in [7, 11) is 0. The van der Waals surface area contributed by atoms with Gasteiger partial charge in [0.05, 0.1) is 0 Å². The van der Waals surface area contributed by atoms with Gasteiger partial charge in [0.15, 0.2) is 0 Å². The summed E-state index contributed by atoms with van der Waals surface area (Å²) in [6.45, 7) is 6.99. The van der Waals surface area contributed by atoms with Gasteiger partial charge >= 0.3 is 0 Å². The predicted octanol–water partition coefficient (Wildman–Crippen LogP) is 3.23. The molecule has 2 rings (SSSR count). The Kier molecular flexibility index (Phi) is 2.71. The highest BCUT2D eigenvalue weighted by molar-refractivity contribution is 9.10. The van der Waals surface area contributed by atoms with E-state index in [1.54, 1.807) is 24.4 Å². The molecule has 0 unspecified atom stereocenters. The first-order valence-corrected chi connectivity index (χ1v) is 5.13. The first kappa shape index (κ1) is 10.1. The second-order valence-corrected chi connectivity index (χ2v) is 3.88. The Morgan fingerprint density at radius 2 is 2.33 bits per heavy atom. The van der Waals surface area contributed by atoms with E-state index in [9.17, 15) is 0 Å². The van der Waals surface area contributed by atoms with Crippen LogP contribution in [0.15, 0.2) is 29.0 Å². The van der Waals surface area contributed by atoms with Gasteiger partial charge in [-0.2, -0.15) is 0 Å². The van der Waals surface area contributed by atoms with E-state index in [0.717, 1.165) is 0 Å². The lowest BCUT2D eigenvalue weighted by molar-refractivity contribution is 0.852. The molecule has 0 bridgehead atoms. The molecular formula is C9H4BrClN4. The Morgan fingerprint density at radius 1 is 1.53 bits per heavy atom. The van der Waals surface area contributed by atoms with E-state index in [1.165, 1.54) is 4.68 Å². The summed E-state index contributed by atoms with van der Waals surface area (Å²) < 4.78 is 1.98. The van der Waals surface area contributed by atoms with Crippen molar-refractivity contribution < 1.29 is 0 Å². The Hall–Kier alpha value is -1.38. The smallest absolute Gasteiger partial charge is 0.259 e. The van der Waals surface area contributed by atoms with Gasteiger partial charge in [-0.05, 0) is 34.1 Å². The van der Waals surface area contributed by atoms with Gasteiger partial charge in [-0.3, -0.25) is 0 Å². The summed E-state index contributed by atoms with van der Waals surface area (Å²) in [5, 5.41) is 4.54. The molecule has 2 aromatic rings. The second-order valence-electron chi connectivity index (χ2n) is 2.66. The van der Waals surface area contributed by atoms with E-state index in [-0.39, 0.29) is 0 Å². The van der Waals surface area contributed by atoms with E-state index < -0.39 is 0 Å². The highest BCUT2D eigenvalue weighted by atomic mass is 79.9. The minimum atomic E-state index is 0.363. The van der Waals surface area contributed by atoms with Gasteiger partial charge in [0.25, 0.3) is 5.82 Å². The number of rotatable bonds is 1. The Balaban J connectivity index is 2.65. The molecular weight excluding hydrogens is 279 g/mol. The third-order valence-corrected chi connectivity index (χ3v) is 2.40. The molecule has 0 aliphatic rings. The summed E-state index contributed by atoms with van der Waals surface area (Å²) in [5.74, 6) is 0.818. The van der Waals surface area contributed by atoms with Gasteiger partial charge in [-0.15, -0.1) is 4.68 Å². The van der Waals surface area contributed by atoms with Gasteiger partial charge < -0.3 is 4.85 Å². The van der Waals surface area contributed by atoms with Crippen LogP contribution in [0, 0.1) is 6.57 Å². The zero-order valence-corrected chi connectivity index (χ0v) is 9.70. The summed E-state index contributed by atoms with van der Waals surface area (Å²) in [4.78, 5) is 7.41. The van der Waals surface area contributed by atoms with Crippen LogP contribution in [0.2, 0.25) is 5.02 Å². The molecule has 2 aromatic heterocycles. The number of aromatic nitrogens is 3. The molecule has 0 saturated heterocycles. The maximum absolute atomic E-state index is 6.99. The number of halogens is 2. The third-order valence-electron chi connectivity index (χ3n) is 1.71. The van der Waals surface area contributed by atoms with Crippen molar-refractivity contribution in [3.8, 4) is 5.82 Å². The van der Waals surface area contributed by atoms with Crippen LogP contribution in [0.1, 0.15) is 0 Å². The average molecular weight is 284 g/mol. The fourth-order valence-corrected chi connectivity index (χ4v) is 1.68. The zero-order valence-electron chi connectivity index (χ0n) is 7.35. The lowest BCUT2D eigenvalue weighted by Gasteiger charge is -1.99. The van der Waals surface area contributed by atoms with E-state index in [1.807, 2.05) is 0 Å². The summed E-state index contributed by atoms with van der Waals surface area (Å²) in [6.07, 6.45) is 1.60. The Labute approximate surface area is 99.5 Å². The summed E-state index contributed by atoms with van der Waals surface area (Å²) in [5.41, 5.74) is 0. The largest absolute Gasteiger partial charge is 0.362 e. The van der Waals surface area contributed by atoms with E-state index in [2.05, 4.69) is 30.9 Å². The first-order valence-electron chi connectivity index (χ1n) is 3.96. The zero-order chi connectivity index (χ0) is 10.8. The molecule has 0 radical (unpaired) electrons. The van der Waals surface area contributed by atoms with Crippen molar-refractivity contribution in [1.29, 1.82) is 0 Å². The fourth-order valence-electron chi connectivity index (χ4n) is 1.11. The highest BCUT2D eigenvalue weighted by Crippen LogP contribution is 2.25. The van der Waals surface area contributed by atoms with Gasteiger partial charge in [-0.25, -0.2) is 4.98 Å². The predicted molar refractivity (Wildman–Crippen MR) is 60.3 cm³/mol. The Bertz CT molecular complexity index is 543. The minimum absolute atomic E-state index is 0.363. The fraction of sp³-hybridized carbons (Fsp3) is 0. The van der Waals surface area contributed by atoms with Crippen LogP contribution >= 0.6 is 27.5 Å². The maximum Gasteiger partial charge on any atom is 0.259 e. The molecule has 0 saturated carbocycles. The van der Waals surface area contributed by atoms with Gasteiger partial charge in [-0.1, -0.05) is 23.3 Å². The van der Waals surface area contributed by atoms with Crippen molar-refractivity contribution >= 4 is 33.3 Å². The molecule has 6 heteroatoms. The molecule has 0 N–H and O–H groups in total. The van der Waals surface area contributed by atoms with Crippen LogP contribution in [0.3, 0.4) is 0 Å². The monoisotopic (exact) mass is 282 g/mol. The number of nitrogens with zero attached hydrogens (tertiary/aromatic N) is 4. The summed E-state index contributed by atoms with van der Waals surface area (Å²) in [6, 6.07) is 5.03. The third kappa shape index (κ3) is 1.87. The molecule has 0 aromatic carbocycles. The lowest BCUT2D eigenvalue weighted by Crippen LogP contribution is -1.99. The van der Waals surface area contributed by atoms with E-state index in [4.69, 9.17) is 18.2 Å². The van der Waals surface area contributed by atoms with Crippen LogP contribution in [0.4, 0.5) is 5.82 Å². The average Bonchev–Trinajstić information content (AvgIpc) is 2.60. The van der Waals surface area contributed by atoms with Crippen molar-refractivity contribution in [2.75, 3.05) is 0 Å². The summed E-state index contributed by atoms with van der Waals surface area (Å²) >= 11 is 9.15. The molecule has 0 atom stereocenters. The number of hydrogen-bond donors (Lipinski definition) is 0. The van der Waals surface area contributed by atoms with E-state index in [0.29, 0.717) is 21.3 Å². The van der Waals surface area contributed by atoms with Crippen LogP contribution < -0.4 is 0 Å². The van der Waals surface area contributed by atoms with Crippen molar-refractivity contribution in [2.24, 2.45) is 0 Å². The second kappa shape index (κ2) is 4.01. The SMILES string of the molecule is [C-]#[N+]c1cc(Br)nn1-c1ncccc1Cl. The van der Waals surface area contributed by atoms with Crippen LogP contribution in [-0.2, 0) is 0 Å². The molecule has 0 spiro atoms. The van der Waals surface area contributed by atoms with Gasteiger partial charge in [0, 0.05) is 6.20 Å². The molecule has 15 heavy (non-hydrogen) atoms.